The second-order valence-corrected chi connectivity index (χ2v) is 5.01. The van der Waals surface area contributed by atoms with E-state index in [1.165, 1.54) is 5.56 Å². The maximum atomic E-state index is 9.74. The summed E-state index contributed by atoms with van der Waals surface area (Å²) >= 11 is 0. The highest BCUT2D eigenvalue weighted by Gasteiger charge is 2.27. The number of ether oxygens (including phenoxy) is 1. The highest BCUT2D eigenvalue weighted by molar-refractivity contribution is 5.17. The molecular formula is C15H18N2O2. The van der Waals surface area contributed by atoms with Gasteiger partial charge in [0.05, 0.1) is 25.0 Å². The third-order valence-electron chi connectivity index (χ3n) is 3.50. The van der Waals surface area contributed by atoms with Gasteiger partial charge in [-0.05, 0) is 24.8 Å². The zero-order chi connectivity index (χ0) is 13.1. The first-order chi connectivity index (χ1) is 9.31. The van der Waals surface area contributed by atoms with Crippen molar-refractivity contribution in [2.75, 3.05) is 0 Å². The van der Waals surface area contributed by atoms with Crippen LogP contribution < -0.4 is 4.74 Å². The molecule has 100 valence electrons. The molecule has 0 bridgehead atoms. The lowest BCUT2D eigenvalue weighted by atomic mass is 10.2. The van der Waals surface area contributed by atoms with Crippen LogP contribution in [0, 0.1) is 0 Å². The van der Waals surface area contributed by atoms with Gasteiger partial charge < -0.3 is 9.84 Å². The van der Waals surface area contributed by atoms with E-state index < -0.39 is 0 Å². The standard InChI is InChI=1S/C15H18N2O2/c18-14-7-4-8-15(14)19-13-9-16-17(11-13)10-12-5-2-1-3-6-12/h1-3,5-6,9,11,14-15,18H,4,7-8,10H2. The smallest absolute Gasteiger partial charge is 0.157 e. The first-order valence-electron chi connectivity index (χ1n) is 6.72. The fourth-order valence-corrected chi connectivity index (χ4v) is 2.48. The van der Waals surface area contributed by atoms with Crippen molar-refractivity contribution in [3.05, 3.63) is 48.3 Å². The van der Waals surface area contributed by atoms with Crippen LogP contribution in [0.25, 0.3) is 0 Å². The Morgan fingerprint density at radius 2 is 2.11 bits per heavy atom. The predicted octanol–water partition coefficient (Wildman–Crippen LogP) is 2.22. The molecule has 19 heavy (non-hydrogen) atoms. The van der Waals surface area contributed by atoms with Gasteiger partial charge in [0.25, 0.3) is 0 Å². The number of rotatable bonds is 4. The van der Waals surface area contributed by atoms with E-state index in [4.69, 9.17) is 4.74 Å². The molecule has 1 saturated carbocycles. The Morgan fingerprint density at radius 1 is 1.26 bits per heavy atom. The van der Waals surface area contributed by atoms with Crippen molar-refractivity contribution < 1.29 is 9.84 Å². The minimum absolute atomic E-state index is 0.0747. The molecule has 0 saturated heterocycles. The zero-order valence-electron chi connectivity index (χ0n) is 10.8. The molecule has 2 unspecified atom stereocenters. The molecule has 1 N–H and O–H groups in total. The number of aliphatic hydroxyl groups is 1. The largest absolute Gasteiger partial charge is 0.484 e. The number of nitrogens with zero attached hydrogens (tertiary/aromatic N) is 2. The van der Waals surface area contributed by atoms with Crippen molar-refractivity contribution >= 4 is 0 Å². The Kier molecular flexibility index (Phi) is 3.51. The third-order valence-corrected chi connectivity index (χ3v) is 3.50. The fraction of sp³-hybridized carbons (Fsp3) is 0.400. The van der Waals surface area contributed by atoms with Crippen LogP contribution in [0.15, 0.2) is 42.7 Å². The first-order valence-corrected chi connectivity index (χ1v) is 6.72. The fourth-order valence-electron chi connectivity index (χ4n) is 2.48. The average molecular weight is 258 g/mol. The molecule has 1 heterocycles. The van der Waals surface area contributed by atoms with E-state index in [2.05, 4.69) is 17.2 Å². The monoisotopic (exact) mass is 258 g/mol. The number of aliphatic hydroxyl groups excluding tert-OH is 1. The summed E-state index contributed by atoms with van der Waals surface area (Å²) in [5.41, 5.74) is 1.21. The lowest BCUT2D eigenvalue weighted by Crippen LogP contribution is -2.25. The highest BCUT2D eigenvalue weighted by atomic mass is 16.5. The maximum absolute atomic E-state index is 9.74. The van der Waals surface area contributed by atoms with Gasteiger partial charge in [-0.2, -0.15) is 5.10 Å². The Balaban J connectivity index is 1.63. The number of aromatic nitrogens is 2. The summed E-state index contributed by atoms with van der Waals surface area (Å²) in [6, 6.07) is 10.2. The summed E-state index contributed by atoms with van der Waals surface area (Å²) in [6.45, 7) is 0.734. The molecule has 0 spiro atoms. The molecule has 1 aromatic carbocycles. The molecule has 1 aliphatic rings. The van der Waals surface area contributed by atoms with Crippen molar-refractivity contribution in [3.63, 3.8) is 0 Å². The Labute approximate surface area is 112 Å². The molecule has 0 aliphatic heterocycles. The summed E-state index contributed by atoms with van der Waals surface area (Å²) in [6.07, 6.45) is 5.98. The van der Waals surface area contributed by atoms with E-state index in [9.17, 15) is 5.11 Å². The molecule has 3 rings (SSSR count). The SMILES string of the molecule is OC1CCCC1Oc1cnn(Cc2ccccc2)c1. The highest BCUT2D eigenvalue weighted by Crippen LogP contribution is 2.24. The minimum Gasteiger partial charge on any atom is -0.484 e. The molecule has 0 radical (unpaired) electrons. The van der Waals surface area contributed by atoms with E-state index in [0.717, 1.165) is 31.6 Å². The van der Waals surface area contributed by atoms with E-state index >= 15 is 0 Å². The Bertz CT molecular complexity index is 524. The van der Waals surface area contributed by atoms with Crippen LogP contribution in [-0.4, -0.2) is 27.1 Å². The predicted molar refractivity (Wildman–Crippen MR) is 72.0 cm³/mol. The lowest BCUT2D eigenvalue weighted by molar-refractivity contribution is 0.0603. The summed E-state index contributed by atoms with van der Waals surface area (Å²) in [5, 5.41) is 14.0. The summed E-state index contributed by atoms with van der Waals surface area (Å²) in [4.78, 5) is 0. The van der Waals surface area contributed by atoms with Gasteiger partial charge in [-0.15, -0.1) is 0 Å². The van der Waals surface area contributed by atoms with Crippen LogP contribution in [0.2, 0.25) is 0 Å². The zero-order valence-corrected chi connectivity index (χ0v) is 10.8. The van der Waals surface area contributed by atoms with Crippen LogP contribution in [0.5, 0.6) is 5.75 Å². The first kappa shape index (κ1) is 12.2. The van der Waals surface area contributed by atoms with Crippen LogP contribution in [0.3, 0.4) is 0 Å². The molecule has 1 fully saturated rings. The lowest BCUT2D eigenvalue weighted by Gasteiger charge is -2.15. The molecule has 4 heteroatoms. The van der Waals surface area contributed by atoms with Gasteiger partial charge in [0.2, 0.25) is 0 Å². The summed E-state index contributed by atoms with van der Waals surface area (Å²) < 4.78 is 7.63. The molecule has 1 aliphatic carbocycles. The topological polar surface area (TPSA) is 47.3 Å². The normalized spacial score (nSPS) is 22.6. The average Bonchev–Trinajstić information content (AvgIpc) is 3.02. The van der Waals surface area contributed by atoms with Crippen molar-refractivity contribution in [3.8, 4) is 5.75 Å². The quantitative estimate of drug-likeness (QED) is 0.914. The van der Waals surface area contributed by atoms with E-state index in [-0.39, 0.29) is 12.2 Å². The molecule has 4 nitrogen and oxygen atoms in total. The van der Waals surface area contributed by atoms with Crippen molar-refractivity contribution in [1.29, 1.82) is 0 Å². The number of benzene rings is 1. The maximum Gasteiger partial charge on any atom is 0.157 e. The number of hydrogen-bond acceptors (Lipinski definition) is 3. The summed E-state index contributed by atoms with van der Waals surface area (Å²) in [7, 11) is 0. The minimum atomic E-state index is -0.336. The van der Waals surface area contributed by atoms with Gasteiger partial charge in [-0.3, -0.25) is 4.68 Å². The van der Waals surface area contributed by atoms with Crippen molar-refractivity contribution in [2.45, 2.75) is 38.0 Å². The Morgan fingerprint density at radius 3 is 2.84 bits per heavy atom. The van der Waals surface area contributed by atoms with Gasteiger partial charge in [0.15, 0.2) is 5.75 Å². The van der Waals surface area contributed by atoms with Crippen LogP contribution in [-0.2, 0) is 6.54 Å². The molecule has 2 aromatic rings. The van der Waals surface area contributed by atoms with Gasteiger partial charge in [0.1, 0.15) is 6.10 Å². The van der Waals surface area contributed by atoms with Gasteiger partial charge in [-0.1, -0.05) is 30.3 Å². The molecule has 1 aromatic heterocycles. The van der Waals surface area contributed by atoms with Crippen LogP contribution in [0.4, 0.5) is 0 Å². The second-order valence-electron chi connectivity index (χ2n) is 5.01. The van der Waals surface area contributed by atoms with Crippen molar-refractivity contribution in [1.82, 2.24) is 9.78 Å². The third kappa shape index (κ3) is 2.96. The van der Waals surface area contributed by atoms with E-state index in [0.29, 0.717) is 0 Å². The molecular weight excluding hydrogens is 240 g/mol. The van der Waals surface area contributed by atoms with Crippen molar-refractivity contribution in [2.24, 2.45) is 0 Å². The van der Waals surface area contributed by atoms with Crippen LogP contribution >= 0.6 is 0 Å². The number of hydrogen-bond donors (Lipinski definition) is 1. The molecule has 2 atom stereocenters. The van der Waals surface area contributed by atoms with Gasteiger partial charge >= 0.3 is 0 Å². The van der Waals surface area contributed by atoms with Crippen LogP contribution in [0.1, 0.15) is 24.8 Å². The second kappa shape index (κ2) is 5.45. The van der Waals surface area contributed by atoms with Gasteiger partial charge in [0, 0.05) is 0 Å². The van der Waals surface area contributed by atoms with E-state index in [1.54, 1.807) is 6.20 Å². The Hall–Kier alpha value is -1.81. The van der Waals surface area contributed by atoms with E-state index in [1.807, 2.05) is 29.1 Å². The summed E-state index contributed by atoms with van der Waals surface area (Å²) in [5.74, 6) is 0.738. The molecule has 0 amide bonds. The van der Waals surface area contributed by atoms with Gasteiger partial charge in [-0.25, -0.2) is 0 Å².